The van der Waals surface area contributed by atoms with E-state index in [1.807, 2.05) is 31.2 Å². The van der Waals surface area contributed by atoms with Gasteiger partial charge in [0.15, 0.2) is 0 Å². The summed E-state index contributed by atoms with van der Waals surface area (Å²) in [6.07, 6.45) is 0.821. The summed E-state index contributed by atoms with van der Waals surface area (Å²) in [6.45, 7) is 3.35. The zero-order valence-electron chi connectivity index (χ0n) is 9.65. The highest BCUT2D eigenvalue weighted by Crippen LogP contribution is 2.34. The minimum Gasteiger partial charge on any atom is -0.396 e. The van der Waals surface area contributed by atoms with Gasteiger partial charge in [0.05, 0.1) is 12.1 Å². The molecule has 0 amide bonds. The summed E-state index contributed by atoms with van der Waals surface area (Å²) in [5, 5.41) is 9.44. The van der Waals surface area contributed by atoms with Crippen molar-refractivity contribution in [1.82, 2.24) is 0 Å². The first-order valence-electron chi connectivity index (χ1n) is 5.72. The van der Waals surface area contributed by atoms with Gasteiger partial charge in [-0.2, -0.15) is 0 Å². The van der Waals surface area contributed by atoms with Crippen LogP contribution in [-0.2, 0) is 10.3 Å². The van der Waals surface area contributed by atoms with Crippen LogP contribution in [0.5, 0.6) is 0 Å². The third-order valence-electron chi connectivity index (χ3n) is 3.55. The van der Waals surface area contributed by atoms with Crippen LogP contribution in [0.2, 0.25) is 0 Å². The van der Waals surface area contributed by atoms with Gasteiger partial charge in [0.2, 0.25) is 0 Å². The standard InChI is InChI=1S/C13H19NO2/c1-10-4-2-3-5-12(10)13(14)9-16-7-6-11(13)8-15/h2-5,11,15H,6-9,14H2,1H3/t11-,13-/m0/s1. The molecule has 1 heterocycles. The van der Waals surface area contributed by atoms with Crippen LogP contribution in [0.25, 0.3) is 0 Å². The van der Waals surface area contributed by atoms with Crippen molar-refractivity contribution < 1.29 is 9.84 Å². The zero-order valence-corrected chi connectivity index (χ0v) is 9.65. The molecule has 1 aliphatic rings. The van der Waals surface area contributed by atoms with Crippen LogP contribution < -0.4 is 5.73 Å². The van der Waals surface area contributed by atoms with Crippen LogP contribution in [0.1, 0.15) is 17.5 Å². The van der Waals surface area contributed by atoms with Crippen LogP contribution in [-0.4, -0.2) is 24.9 Å². The van der Waals surface area contributed by atoms with Gasteiger partial charge in [-0.1, -0.05) is 24.3 Å². The Kier molecular flexibility index (Phi) is 3.28. The topological polar surface area (TPSA) is 55.5 Å². The van der Waals surface area contributed by atoms with Gasteiger partial charge in [-0.25, -0.2) is 0 Å². The summed E-state index contributed by atoms with van der Waals surface area (Å²) in [7, 11) is 0. The summed E-state index contributed by atoms with van der Waals surface area (Å²) in [5.74, 6) is 0.0855. The zero-order chi connectivity index (χ0) is 11.6. The van der Waals surface area contributed by atoms with E-state index >= 15 is 0 Å². The molecule has 0 spiro atoms. The number of aryl methyl sites for hydroxylation is 1. The Morgan fingerprint density at radius 2 is 2.25 bits per heavy atom. The molecule has 2 rings (SSSR count). The molecule has 3 N–H and O–H groups in total. The van der Waals surface area contributed by atoms with Crippen molar-refractivity contribution in [2.75, 3.05) is 19.8 Å². The van der Waals surface area contributed by atoms with E-state index in [1.54, 1.807) is 0 Å². The van der Waals surface area contributed by atoms with Crippen molar-refractivity contribution in [2.45, 2.75) is 18.9 Å². The minimum absolute atomic E-state index is 0.0855. The Hall–Kier alpha value is -0.900. The molecule has 16 heavy (non-hydrogen) atoms. The van der Waals surface area contributed by atoms with Crippen molar-refractivity contribution in [1.29, 1.82) is 0 Å². The highest BCUT2D eigenvalue weighted by Gasteiger charge is 2.39. The average molecular weight is 221 g/mol. The smallest absolute Gasteiger partial charge is 0.0700 e. The average Bonchev–Trinajstić information content (AvgIpc) is 2.30. The fourth-order valence-electron chi connectivity index (χ4n) is 2.49. The van der Waals surface area contributed by atoms with Gasteiger partial charge < -0.3 is 15.6 Å². The quantitative estimate of drug-likeness (QED) is 0.788. The lowest BCUT2D eigenvalue weighted by Crippen LogP contribution is -2.53. The number of aliphatic hydroxyl groups is 1. The molecule has 1 aromatic carbocycles. The fraction of sp³-hybridized carbons (Fsp3) is 0.538. The molecule has 0 aromatic heterocycles. The van der Waals surface area contributed by atoms with E-state index in [0.717, 1.165) is 17.5 Å². The molecular formula is C13H19NO2. The van der Waals surface area contributed by atoms with Crippen LogP contribution in [0.15, 0.2) is 24.3 Å². The van der Waals surface area contributed by atoms with Crippen LogP contribution in [0.3, 0.4) is 0 Å². The van der Waals surface area contributed by atoms with Gasteiger partial charge >= 0.3 is 0 Å². The van der Waals surface area contributed by atoms with Gasteiger partial charge in [-0.05, 0) is 24.5 Å². The number of aliphatic hydroxyl groups excluding tert-OH is 1. The van der Waals surface area contributed by atoms with Crippen molar-refractivity contribution >= 4 is 0 Å². The lowest BCUT2D eigenvalue weighted by atomic mass is 9.75. The maximum atomic E-state index is 9.44. The van der Waals surface area contributed by atoms with Gasteiger partial charge in [-0.3, -0.25) is 0 Å². The molecule has 88 valence electrons. The number of hydrogen-bond donors (Lipinski definition) is 2. The Morgan fingerprint density at radius 3 is 2.94 bits per heavy atom. The molecular weight excluding hydrogens is 202 g/mol. The highest BCUT2D eigenvalue weighted by molar-refractivity contribution is 5.33. The molecule has 1 fully saturated rings. The number of nitrogens with two attached hydrogens (primary N) is 1. The van der Waals surface area contributed by atoms with Crippen molar-refractivity contribution in [3.8, 4) is 0 Å². The normalized spacial score (nSPS) is 30.3. The van der Waals surface area contributed by atoms with Crippen molar-refractivity contribution in [2.24, 2.45) is 11.7 Å². The van der Waals surface area contributed by atoms with E-state index in [2.05, 4.69) is 0 Å². The first kappa shape index (κ1) is 11.6. The Morgan fingerprint density at radius 1 is 1.50 bits per heavy atom. The van der Waals surface area contributed by atoms with E-state index in [0.29, 0.717) is 13.2 Å². The van der Waals surface area contributed by atoms with E-state index < -0.39 is 5.54 Å². The molecule has 0 aliphatic carbocycles. The summed E-state index contributed by atoms with van der Waals surface area (Å²) < 4.78 is 5.49. The van der Waals surface area contributed by atoms with Crippen molar-refractivity contribution in [3.63, 3.8) is 0 Å². The largest absolute Gasteiger partial charge is 0.396 e. The summed E-state index contributed by atoms with van der Waals surface area (Å²) in [5.41, 5.74) is 8.16. The predicted octanol–water partition coefficient (Wildman–Crippen LogP) is 1.18. The number of rotatable bonds is 2. The maximum absolute atomic E-state index is 9.44. The molecule has 1 saturated heterocycles. The summed E-state index contributed by atoms with van der Waals surface area (Å²) in [6, 6.07) is 8.07. The van der Waals surface area contributed by atoms with Crippen LogP contribution in [0.4, 0.5) is 0 Å². The number of benzene rings is 1. The van der Waals surface area contributed by atoms with E-state index in [1.165, 1.54) is 0 Å². The Bertz CT molecular complexity index is 367. The van der Waals surface area contributed by atoms with Gasteiger partial charge in [0.1, 0.15) is 0 Å². The predicted molar refractivity (Wildman–Crippen MR) is 63.1 cm³/mol. The van der Waals surface area contributed by atoms with Crippen molar-refractivity contribution in [3.05, 3.63) is 35.4 Å². The van der Waals surface area contributed by atoms with E-state index in [-0.39, 0.29) is 12.5 Å². The monoisotopic (exact) mass is 221 g/mol. The summed E-state index contributed by atoms with van der Waals surface area (Å²) >= 11 is 0. The fourth-order valence-corrected chi connectivity index (χ4v) is 2.49. The maximum Gasteiger partial charge on any atom is 0.0700 e. The number of hydrogen-bond acceptors (Lipinski definition) is 3. The highest BCUT2D eigenvalue weighted by atomic mass is 16.5. The lowest BCUT2D eigenvalue weighted by molar-refractivity contribution is -0.0232. The lowest BCUT2D eigenvalue weighted by Gasteiger charge is -2.41. The molecule has 0 radical (unpaired) electrons. The van der Waals surface area contributed by atoms with E-state index in [4.69, 9.17) is 10.5 Å². The van der Waals surface area contributed by atoms with E-state index in [9.17, 15) is 5.11 Å². The van der Waals surface area contributed by atoms with Gasteiger partial charge in [-0.15, -0.1) is 0 Å². The first-order chi connectivity index (χ1) is 7.68. The molecule has 1 aromatic rings. The second kappa shape index (κ2) is 4.53. The molecule has 0 saturated carbocycles. The molecule has 3 heteroatoms. The second-order valence-corrected chi connectivity index (χ2v) is 4.58. The number of ether oxygens (including phenoxy) is 1. The third-order valence-corrected chi connectivity index (χ3v) is 3.55. The second-order valence-electron chi connectivity index (χ2n) is 4.58. The Labute approximate surface area is 96.2 Å². The molecule has 0 bridgehead atoms. The van der Waals surface area contributed by atoms with Gasteiger partial charge in [0, 0.05) is 19.1 Å². The molecule has 3 nitrogen and oxygen atoms in total. The molecule has 0 unspecified atom stereocenters. The Balaban J connectivity index is 2.39. The summed E-state index contributed by atoms with van der Waals surface area (Å²) in [4.78, 5) is 0. The SMILES string of the molecule is Cc1ccccc1[C@]1(N)COCC[C@H]1CO. The van der Waals surface area contributed by atoms with Crippen LogP contribution >= 0.6 is 0 Å². The van der Waals surface area contributed by atoms with Crippen LogP contribution in [0, 0.1) is 12.8 Å². The third kappa shape index (κ3) is 1.86. The molecule has 2 atom stereocenters. The first-order valence-corrected chi connectivity index (χ1v) is 5.72. The van der Waals surface area contributed by atoms with Gasteiger partial charge in [0.25, 0.3) is 0 Å². The minimum atomic E-state index is -0.543. The molecule has 1 aliphatic heterocycles.